The third-order valence-electron chi connectivity index (χ3n) is 4.39. The minimum atomic E-state index is -0.404. The van der Waals surface area contributed by atoms with Crippen LogP contribution in [0.1, 0.15) is 33.6 Å². The van der Waals surface area contributed by atoms with Crippen molar-refractivity contribution in [3.63, 3.8) is 0 Å². The van der Waals surface area contributed by atoms with E-state index in [2.05, 4.69) is 10.3 Å². The number of nitrogens with zero attached hydrogens (tertiary/aromatic N) is 1. The van der Waals surface area contributed by atoms with Crippen molar-refractivity contribution in [3.05, 3.63) is 65.9 Å². The summed E-state index contributed by atoms with van der Waals surface area (Å²) in [6.07, 6.45) is 3.31. The minimum Gasteiger partial charge on any atom is -0.493 e. The van der Waals surface area contributed by atoms with E-state index in [-0.39, 0.29) is 5.91 Å². The number of unbranched alkanes of at least 4 members (excludes halogenated alkanes) is 1. The maximum atomic E-state index is 11.9. The van der Waals surface area contributed by atoms with E-state index < -0.39 is 5.91 Å². The van der Waals surface area contributed by atoms with Gasteiger partial charge in [0.05, 0.1) is 29.9 Å². The van der Waals surface area contributed by atoms with Crippen LogP contribution in [-0.4, -0.2) is 30.0 Å². The number of aromatic nitrogens is 1. The Kier molecular flexibility index (Phi) is 4.70. The van der Waals surface area contributed by atoms with Crippen molar-refractivity contribution in [1.82, 2.24) is 10.3 Å². The highest BCUT2D eigenvalue weighted by atomic mass is 16.5. The highest BCUT2D eigenvalue weighted by Gasteiger charge is 2.29. The molecule has 2 amide bonds. The second-order valence-corrected chi connectivity index (χ2v) is 6.19. The first-order chi connectivity index (χ1) is 13.2. The Hall–Kier alpha value is -3.41. The minimum absolute atomic E-state index is 0.321. The van der Waals surface area contributed by atoms with Gasteiger partial charge in [-0.1, -0.05) is 18.2 Å². The lowest BCUT2D eigenvalue weighted by molar-refractivity contribution is 0.0878. The number of imide groups is 1. The summed E-state index contributed by atoms with van der Waals surface area (Å²) >= 11 is 0. The lowest BCUT2D eigenvalue weighted by Gasteiger charge is -2.10. The Morgan fingerprint density at radius 1 is 0.815 bits per heavy atom. The zero-order valence-corrected chi connectivity index (χ0v) is 14.6. The predicted octanol–water partition coefficient (Wildman–Crippen LogP) is 3.36. The van der Waals surface area contributed by atoms with Gasteiger partial charge in [-0.3, -0.25) is 19.9 Å². The van der Waals surface area contributed by atoms with Gasteiger partial charge in [0.1, 0.15) is 11.5 Å². The molecule has 1 aromatic heterocycles. The molecule has 0 aliphatic carbocycles. The summed E-state index contributed by atoms with van der Waals surface area (Å²) < 4.78 is 11.6. The number of amides is 2. The molecular formula is C21H18N2O4. The Bertz CT molecular complexity index is 1010. The number of carbonyl (C=O) groups excluding carboxylic acids is 2. The molecule has 6 heteroatoms. The van der Waals surface area contributed by atoms with Gasteiger partial charge in [0.2, 0.25) is 0 Å². The molecule has 6 nitrogen and oxygen atoms in total. The van der Waals surface area contributed by atoms with Gasteiger partial charge in [0, 0.05) is 11.6 Å². The molecule has 0 unspecified atom stereocenters. The lowest BCUT2D eigenvalue weighted by atomic mass is 10.1. The lowest BCUT2D eigenvalue weighted by Crippen LogP contribution is -2.20. The van der Waals surface area contributed by atoms with Crippen LogP contribution in [0.5, 0.6) is 11.5 Å². The quantitative estimate of drug-likeness (QED) is 0.515. The zero-order chi connectivity index (χ0) is 18.6. The summed E-state index contributed by atoms with van der Waals surface area (Å²) in [6, 6.07) is 14.8. The van der Waals surface area contributed by atoms with E-state index in [0.29, 0.717) is 30.1 Å². The second-order valence-electron chi connectivity index (χ2n) is 6.19. The molecule has 0 bridgehead atoms. The highest BCUT2D eigenvalue weighted by molar-refractivity contribution is 6.22. The number of pyridine rings is 1. The molecule has 0 atom stereocenters. The monoisotopic (exact) mass is 362 g/mol. The number of benzene rings is 2. The van der Waals surface area contributed by atoms with Gasteiger partial charge in [-0.25, -0.2) is 0 Å². The standard InChI is InChI=1S/C21H18N2O4/c24-20-15-7-5-9-18(19(15)21(25)23-20)27-13-4-3-12-26-17-10-11-22-16-8-2-1-6-14(16)17/h1-2,5-11H,3-4,12-13H2,(H,23,24,25). The molecule has 1 aliphatic rings. The maximum Gasteiger partial charge on any atom is 0.262 e. The average Bonchev–Trinajstić information content (AvgIpc) is 2.99. The van der Waals surface area contributed by atoms with E-state index in [1.807, 2.05) is 30.3 Å². The summed E-state index contributed by atoms with van der Waals surface area (Å²) in [4.78, 5) is 27.8. The molecule has 0 radical (unpaired) electrons. The van der Waals surface area contributed by atoms with Crippen molar-refractivity contribution in [3.8, 4) is 11.5 Å². The molecule has 0 fully saturated rings. The van der Waals surface area contributed by atoms with Crippen LogP contribution in [0.15, 0.2) is 54.7 Å². The molecule has 0 saturated heterocycles. The summed E-state index contributed by atoms with van der Waals surface area (Å²) in [5, 5.41) is 3.28. The second kappa shape index (κ2) is 7.45. The first-order valence-corrected chi connectivity index (χ1v) is 8.82. The number of rotatable bonds is 7. The zero-order valence-electron chi connectivity index (χ0n) is 14.6. The summed E-state index contributed by atoms with van der Waals surface area (Å²) in [5.41, 5.74) is 1.59. The molecule has 27 heavy (non-hydrogen) atoms. The number of hydrogen-bond donors (Lipinski definition) is 1. The topological polar surface area (TPSA) is 77.5 Å². The average molecular weight is 362 g/mol. The van der Waals surface area contributed by atoms with Crippen LogP contribution in [0.25, 0.3) is 10.9 Å². The molecular weight excluding hydrogens is 344 g/mol. The Morgan fingerprint density at radius 3 is 2.44 bits per heavy atom. The van der Waals surface area contributed by atoms with Gasteiger partial charge in [-0.15, -0.1) is 0 Å². The number of fused-ring (bicyclic) bond motifs is 2. The smallest absolute Gasteiger partial charge is 0.262 e. The largest absolute Gasteiger partial charge is 0.493 e. The van der Waals surface area contributed by atoms with Crippen molar-refractivity contribution in [2.45, 2.75) is 12.8 Å². The van der Waals surface area contributed by atoms with Crippen molar-refractivity contribution in [1.29, 1.82) is 0 Å². The van der Waals surface area contributed by atoms with Gasteiger partial charge in [-0.2, -0.15) is 0 Å². The number of hydrogen-bond acceptors (Lipinski definition) is 5. The highest BCUT2D eigenvalue weighted by Crippen LogP contribution is 2.26. The fourth-order valence-electron chi connectivity index (χ4n) is 3.07. The fraction of sp³-hybridized carbons (Fsp3) is 0.190. The predicted molar refractivity (Wildman–Crippen MR) is 100 cm³/mol. The van der Waals surface area contributed by atoms with Gasteiger partial charge < -0.3 is 9.47 Å². The SMILES string of the molecule is O=C1NC(=O)c2c(OCCCCOc3ccnc4ccccc34)cccc21. The summed E-state index contributed by atoms with van der Waals surface area (Å²) in [5.74, 6) is 0.478. The Balaban J connectivity index is 1.28. The molecule has 0 saturated carbocycles. The van der Waals surface area contributed by atoms with Crippen molar-refractivity contribution < 1.29 is 19.1 Å². The first-order valence-electron chi connectivity index (χ1n) is 8.82. The third-order valence-corrected chi connectivity index (χ3v) is 4.39. The van der Waals surface area contributed by atoms with E-state index in [1.54, 1.807) is 24.4 Å². The van der Waals surface area contributed by atoms with Crippen molar-refractivity contribution >= 4 is 22.7 Å². The first kappa shape index (κ1) is 17.0. The molecule has 3 aromatic rings. The van der Waals surface area contributed by atoms with Crippen LogP contribution in [0, 0.1) is 0 Å². The summed E-state index contributed by atoms with van der Waals surface area (Å²) in [6.45, 7) is 1.00. The molecule has 2 heterocycles. The molecule has 4 rings (SSSR count). The summed E-state index contributed by atoms with van der Waals surface area (Å²) in [7, 11) is 0. The fourth-order valence-corrected chi connectivity index (χ4v) is 3.07. The number of carbonyl (C=O) groups is 2. The van der Waals surface area contributed by atoms with Crippen molar-refractivity contribution in [2.75, 3.05) is 13.2 Å². The van der Waals surface area contributed by atoms with E-state index >= 15 is 0 Å². The Labute approximate surface area is 156 Å². The van der Waals surface area contributed by atoms with Gasteiger partial charge >= 0.3 is 0 Å². The maximum absolute atomic E-state index is 11.9. The molecule has 1 aliphatic heterocycles. The van der Waals surface area contributed by atoms with Gasteiger partial charge in [-0.05, 0) is 43.2 Å². The van der Waals surface area contributed by atoms with Crippen molar-refractivity contribution in [2.24, 2.45) is 0 Å². The van der Waals surface area contributed by atoms with E-state index in [9.17, 15) is 9.59 Å². The van der Waals surface area contributed by atoms with Crippen LogP contribution < -0.4 is 14.8 Å². The Morgan fingerprint density at radius 2 is 1.59 bits per heavy atom. The van der Waals surface area contributed by atoms with Crippen LogP contribution in [0.3, 0.4) is 0 Å². The van der Waals surface area contributed by atoms with Crippen LogP contribution in [-0.2, 0) is 0 Å². The van der Waals surface area contributed by atoms with E-state index in [4.69, 9.17) is 9.47 Å². The van der Waals surface area contributed by atoms with E-state index in [0.717, 1.165) is 29.5 Å². The number of nitrogens with one attached hydrogen (secondary N) is 1. The van der Waals surface area contributed by atoms with Crippen LogP contribution >= 0.6 is 0 Å². The van der Waals surface area contributed by atoms with E-state index in [1.165, 1.54) is 0 Å². The third kappa shape index (κ3) is 3.46. The van der Waals surface area contributed by atoms with Gasteiger partial charge in [0.15, 0.2) is 0 Å². The molecule has 0 spiro atoms. The van der Waals surface area contributed by atoms with Gasteiger partial charge in [0.25, 0.3) is 11.8 Å². The van der Waals surface area contributed by atoms with Crippen LogP contribution in [0.2, 0.25) is 0 Å². The normalized spacial score (nSPS) is 12.7. The molecule has 136 valence electrons. The molecule has 1 N–H and O–H groups in total. The molecule has 2 aromatic carbocycles. The number of ether oxygens (including phenoxy) is 2. The van der Waals surface area contributed by atoms with Crippen LogP contribution in [0.4, 0.5) is 0 Å². The number of para-hydroxylation sites is 1.